The van der Waals surface area contributed by atoms with Crippen molar-refractivity contribution in [1.29, 1.82) is 0 Å². The second-order valence-electron chi connectivity index (χ2n) is 5.12. The minimum atomic E-state index is -3.38. The van der Waals surface area contributed by atoms with Crippen molar-refractivity contribution in [3.05, 3.63) is 65.7 Å². The third kappa shape index (κ3) is 4.18. The van der Waals surface area contributed by atoms with Gasteiger partial charge in [-0.3, -0.25) is 4.90 Å². The molecule has 0 fully saturated rings. The largest absolute Gasteiger partial charge is 0.497 e. The Morgan fingerprint density at radius 1 is 1.09 bits per heavy atom. The van der Waals surface area contributed by atoms with Crippen LogP contribution in [0.15, 0.2) is 54.6 Å². The summed E-state index contributed by atoms with van der Waals surface area (Å²) >= 11 is 5.36. The summed E-state index contributed by atoms with van der Waals surface area (Å²) in [6, 6.07) is 14.8. The first kappa shape index (κ1) is 16.7. The number of alkyl halides is 3. The van der Waals surface area contributed by atoms with E-state index in [1.807, 2.05) is 30.3 Å². The second kappa shape index (κ2) is 7.07. The number of ether oxygens (including phenoxy) is 1. The molecular weight excluding hydrogens is 308 g/mol. The zero-order chi connectivity index (χ0) is 16.2. The summed E-state index contributed by atoms with van der Waals surface area (Å²) in [4.78, 5) is 1.55. The first-order chi connectivity index (χ1) is 10.4. The maximum absolute atomic E-state index is 13.9. The molecule has 2 aromatic rings. The van der Waals surface area contributed by atoms with E-state index in [0.717, 1.165) is 5.56 Å². The van der Waals surface area contributed by atoms with E-state index < -0.39 is 11.4 Å². The number of hydrogen-bond donors (Lipinski definition) is 0. The molecule has 0 amide bonds. The number of benzene rings is 2. The van der Waals surface area contributed by atoms with Gasteiger partial charge in [-0.2, -0.15) is 8.78 Å². The molecule has 22 heavy (non-hydrogen) atoms. The maximum atomic E-state index is 13.9. The lowest BCUT2D eigenvalue weighted by Gasteiger charge is -2.31. The summed E-state index contributed by atoms with van der Waals surface area (Å²) in [6.45, 7) is 0.375. The molecule has 0 aromatic heterocycles. The van der Waals surface area contributed by atoms with Gasteiger partial charge in [-0.15, -0.1) is 0 Å². The lowest BCUT2D eigenvalue weighted by atomic mass is 10.0. The van der Waals surface area contributed by atoms with E-state index >= 15 is 0 Å². The fourth-order valence-electron chi connectivity index (χ4n) is 2.44. The van der Waals surface area contributed by atoms with Gasteiger partial charge in [0.1, 0.15) is 11.8 Å². The number of halogens is 3. The molecule has 2 aromatic carbocycles. The maximum Gasteiger partial charge on any atom is 0.341 e. The van der Waals surface area contributed by atoms with E-state index in [1.54, 1.807) is 36.2 Å². The number of nitrogens with zero attached hydrogens (tertiary/aromatic N) is 1. The average Bonchev–Trinajstić information content (AvgIpc) is 2.47. The minimum Gasteiger partial charge on any atom is -0.497 e. The Labute approximate surface area is 134 Å². The van der Waals surface area contributed by atoms with Crippen LogP contribution in [0.5, 0.6) is 5.75 Å². The molecule has 1 unspecified atom stereocenters. The van der Waals surface area contributed by atoms with Gasteiger partial charge in [0.25, 0.3) is 0 Å². The number of hydrogen-bond acceptors (Lipinski definition) is 2. The van der Waals surface area contributed by atoms with Gasteiger partial charge in [0, 0.05) is 6.54 Å². The first-order valence-electron chi connectivity index (χ1n) is 6.86. The first-order valence-corrected chi connectivity index (χ1v) is 7.24. The van der Waals surface area contributed by atoms with Crippen LogP contribution in [0.1, 0.15) is 17.2 Å². The molecule has 2 rings (SSSR count). The van der Waals surface area contributed by atoms with Gasteiger partial charge >= 0.3 is 5.38 Å². The molecule has 118 valence electrons. The summed E-state index contributed by atoms with van der Waals surface area (Å²) in [5.41, 5.74) is 1.39. The summed E-state index contributed by atoms with van der Waals surface area (Å²) in [5.74, 6) is 0.617. The van der Waals surface area contributed by atoms with Gasteiger partial charge in [0.05, 0.1) is 7.11 Å². The molecule has 0 N–H and O–H groups in total. The Kier molecular flexibility index (Phi) is 5.37. The average molecular weight is 326 g/mol. The van der Waals surface area contributed by atoms with Crippen LogP contribution >= 0.6 is 11.6 Å². The second-order valence-corrected chi connectivity index (χ2v) is 5.62. The Morgan fingerprint density at radius 3 is 2.18 bits per heavy atom. The number of rotatable bonds is 6. The van der Waals surface area contributed by atoms with Crippen molar-refractivity contribution in [2.24, 2.45) is 0 Å². The molecule has 0 aliphatic rings. The summed E-state index contributed by atoms with van der Waals surface area (Å²) in [5, 5.41) is -3.38. The number of methoxy groups -OCH3 is 1. The van der Waals surface area contributed by atoms with Crippen molar-refractivity contribution in [3.63, 3.8) is 0 Å². The zero-order valence-electron chi connectivity index (χ0n) is 12.5. The summed E-state index contributed by atoms with van der Waals surface area (Å²) in [7, 11) is 3.17. The molecule has 0 saturated heterocycles. The molecule has 0 radical (unpaired) electrons. The van der Waals surface area contributed by atoms with Gasteiger partial charge in [-0.1, -0.05) is 42.5 Å². The summed E-state index contributed by atoms with van der Waals surface area (Å²) in [6.07, 6.45) is 0. The van der Waals surface area contributed by atoms with Gasteiger partial charge in [-0.05, 0) is 41.9 Å². The van der Waals surface area contributed by atoms with Crippen molar-refractivity contribution in [3.8, 4) is 5.75 Å². The highest BCUT2D eigenvalue weighted by molar-refractivity contribution is 6.22. The smallest absolute Gasteiger partial charge is 0.341 e. The van der Waals surface area contributed by atoms with Crippen LogP contribution in [-0.2, 0) is 6.54 Å². The van der Waals surface area contributed by atoms with Gasteiger partial charge in [-0.25, -0.2) is 0 Å². The highest BCUT2D eigenvalue weighted by atomic mass is 35.5. The normalized spacial score (nSPS) is 13.2. The van der Waals surface area contributed by atoms with E-state index in [1.165, 1.54) is 7.11 Å². The van der Waals surface area contributed by atoms with Crippen molar-refractivity contribution in [2.45, 2.75) is 18.0 Å². The van der Waals surface area contributed by atoms with Crippen molar-refractivity contribution in [1.82, 2.24) is 4.90 Å². The Hall–Kier alpha value is -1.65. The van der Waals surface area contributed by atoms with E-state index in [2.05, 4.69) is 0 Å². The Balaban J connectivity index is 2.25. The molecule has 0 heterocycles. The van der Waals surface area contributed by atoms with Crippen molar-refractivity contribution in [2.75, 3.05) is 14.2 Å². The third-order valence-electron chi connectivity index (χ3n) is 3.46. The van der Waals surface area contributed by atoms with Crippen LogP contribution in [0.3, 0.4) is 0 Å². The predicted octanol–water partition coefficient (Wildman–Crippen LogP) is 4.70. The monoisotopic (exact) mass is 325 g/mol. The Bertz CT molecular complexity index is 584. The molecular formula is C17H18ClF2NO. The fourth-order valence-corrected chi connectivity index (χ4v) is 2.73. The molecule has 2 nitrogen and oxygen atoms in total. The van der Waals surface area contributed by atoms with Crippen LogP contribution in [-0.4, -0.2) is 24.4 Å². The SMILES string of the molecule is COc1ccc(C(N(C)Cc2ccccc2)C(F)(F)Cl)cc1. The van der Waals surface area contributed by atoms with Crippen LogP contribution in [0.4, 0.5) is 8.78 Å². The van der Waals surface area contributed by atoms with Crippen LogP contribution in [0, 0.1) is 0 Å². The lowest BCUT2D eigenvalue weighted by molar-refractivity contribution is -0.00623. The molecule has 0 bridgehead atoms. The van der Waals surface area contributed by atoms with Crippen LogP contribution < -0.4 is 4.74 Å². The van der Waals surface area contributed by atoms with E-state index in [9.17, 15) is 8.78 Å². The minimum absolute atomic E-state index is 0.375. The molecule has 1 atom stereocenters. The van der Waals surface area contributed by atoms with E-state index in [4.69, 9.17) is 16.3 Å². The zero-order valence-corrected chi connectivity index (χ0v) is 13.2. The molecule has 0 saturated carbocycles. The fraction of sp³-hybridized carbons (Fsp3) is 0.294. The topological polar surface area (TPSA) is 12.5 Å². The standard InChI is InChI=1S/C17H18ClF2NO/c1-21(12-13-6-4-3-5-7-13)16(17(18,19)20)14-8-10-15(22-2)11-9-14/h3-11,16H,12H2,1-2H3. The van der Waals surface area contributed by atoms with Crippen LogP contribution in [0.2, 0.25) is 0 Å². The quantitative estimate of drug-likeness (QED) is 0.714. The van der Waals surface area contributed by atoms with Gasteiger partial charge in [0.15, 0.2) is 0 Å². The highest BCUT2D eigenvalue weighted by Crippen LogP contribution is 2.40. The van der Waals surface area contributed by atoms with E-state index in [0.29, 0.717) is 17.9 Å². The Morgan fingerprint density at radius 2 is 1.68 bits per heavy atom. The van der Waals surface area contributed by atoms with E-state index in [-0.39, 0.29) is 0 Å². The van der Waals surface area contributed by atoms with Gasteiger partial charge < -0.3 is 4.74 Å². The summed E-state index contributed by atoms with van der Waals surface area (Å²) < 4.78 is 32.9. The molecule has 0 aliphatic carbocycles. The lowest BCUT2D eigenvalue weighted by Crippen LogP contribution is -2.34. The predicted molar refractivity (Wildman–Crippen MR) is 84.4 cm³/mol. The molecule has 0 aliphatic heterocycles. The van der Waals surface area contributed by atoms with Crippen molar-refractivity contribution >= 4 is 11.6 Å². The van der Waals surface area contributed by atoms with Gasteiger partial charge in [0.2, 0.25) is 0 Å². The molecule has 5 heteroatoms. The molecule has 0 spiro atoms. The van der Waals surface area contributed by atoms with Crippen molar-refractivity contribution < 1.29 is 13.5 Å². The van der Waals surface area contributed by atoms with Crippen LogP contribution in [0.25, 0.3) is 0 Å². The highest BCUT2D eigenvalue weighted by Gasteiger charge is 2.41. The third-order valence-corrected chi connectivity index (χ3v) is 3.66.